The second-order valence-electron chi connectivity index (χ2n) is 13.9. The van der Waals surface area contributed by atoms with Gasteiger partial charge in [0, 0.05) is 13.1 Å². The molecule has 0 aromatic carbocycles. The van der Waals surface area contributed by atoms with Crippen molar-refractivity contribution in [2.24, 2.45) is 5.92 Å². The van der Waals surface area contributed by atoms with E-state index in [9.17, 15) is 4.79 Å². The number of unbranched alkanes of at least 4 members (excludes halogenated alkanes) is 17. The summed E-state index contributed by atoms with van der Waals surface area (Å²) in [5, 5.41) is 3.08. The quantitative estimate of drug-likeness (QED) is 0.0545. The van der Waals surface area contributed by atoms with E-state index in [1.165, 1.54) is 148 Å². The average molecular weight is 657 g/mol. The molecule has 0 aromatic heterocycles. The molecule has 0 saturated carbocycles. The maximum Gasteiger partial charge on any atom is 0.407 e. The topological polar surface area (TPSA) is 41.6 Å². The Bertz CT molecular complexity index is 755. The second kappa shape index (κ2) is 38.6. The van der Waals surface area contributed by atoms with Crippen LogP contribution >= 0.6 is 0 Å². The molecule has 0 aliphatic carbocycles. The number of nitrogens with zero attached hydrogens (tertiary/aromatic N) is 1. The molecule has 0 heterocycles. The Hall–Kier alpha value is -1.81. The standard InChI is InChI=1S/C43H80N2O2/c1-5-7-9-11-13-15-17-19-21-23-25-27-29-31-33-35-38-42(41-44-43(46)47-40-36-39-45(3)4)37-34-32-30-28-26-24-22-20-18-16-14-12-10-8-6-2/h12-15,18-21,42H,5-11,16-17,22-41H2,1-4H3,(H,44,46)/b14-12+,15-13-,20-18-,21-19-. The molecule has 0 aliphatic rings. The van der Waals surface area contributed by atoms with Crippen molar-refractivity contribution in [1.29, 1.82) is 0 Å². The smallest absolute Gasteiger partial charge is 0.407 e. The lowest BCUT2D eigenvalue weighted by atomic mass is 9.94. The van der Waals surface area contributed by atoms with Gasteiger partial charge in [-0.15, -0.1) is 0 Å². The van der Waals surface area contributed by atoms with E-state index in [2.05, 4.69) is 72.7 Å². The van der Waals surface area contributed by atoms with E-state index < -0.39 is 0 Å². The van der Waals surface area contributed by atoms with Gasteiger partial charge in [0.05, 0.1) is 6.61 Å². The molecule has 47 heavy (non-hydrogen) atoms. The van der Waals surface area contributed by atoms with E-state index in [0.717, 1.165) is 32.4 Å². The van der Waals surface area contributed by atoms with Gasteiger partial charge in [0.25, 0.3) is 0 Å². The van der Waals surface area contributed by atoms with Crippen molar-refractivity contribution in [3.05, 3.63) is 48.6 Å². The number of hydrogen-bond donors (Lipinski definition) is 1. The van der Waals surface area contributed by atoms with Crippen LogP contribution in [0.3, 0.4) is 0 Å². The third-order valence-electron chi connectivity index (χ3n) is 8.89. The highest BCUT2D eigenvalue weighted by atomic mass is 16.5. The number of hydrogen-bond acceptors (Lipinski definition) is 3. The molecule has 0 radical (unpaired) electrons. The molecule has 0 spiro atoms. The van der Waals surface area contributed by atoms with E-state index in [4.69, 9.17) is 4.74 Å². The van der Waals surface area contributed by atoms with Gasteiger partial charge < -0.3 is 15.0 Å². The Morgan fingerprint density at radius 1 is 0.553 bits per heavy atom. The summed E-state index contributed by atoms with van der Waals surface area (Å²) in [5.74, 6) is 0.566. The number of rotatable bonds is 35. The molecule has 0 saturated heterocycles. The Morgan fingerprint density at radius 3 is 1.45 bits per heavy atom. The number of allylic oxidation sites excluding steroid dienone is 8. The molecular formula is C43H80N2O2. The van der Waals surface area contributed by atoms with Gasteiger partial charge in [0.2, 0.25) is 0 Å². The third kappa shape index (κ3) is 38.5. The Labute approximate surface area is 294 Å². The molecule has 0 fully saturated rings. The lowest BCUT2D eigenvalue weighted by Gasteiger charge is -2.18. The van der Waals surface area contributed by atoms with Gasteiger partial charge in [-0.3, -0.25) is 0 Å². The maximum absolute atomic E-state index is 12.3. The molecule has 1 amide bonds. The zero-order chi connectivity index (χ0) is 34.3. The summed E-state index contributed by atoms with van der Waals surface area (Å²) in [6.45, 7) is 6.70. The monoisotopic (exact) mass is 657 g/mol. The van der Waals surface area contributed by atoms with Crippen molar-refractivity contribution >= 4 is 6.09 Å². The molecule has 1 atom stereocenters. The van der Waals surface area contributed by atoms with Gasteiger partial charge in [-0.05, 0) is 97.1 Å². The zero-order valence-corrected chi connectivity index (χ0v) is 32.0. The number of nitrogens with one attached hydrogen (secondary N) is 1. The van der Waals surface area contributed by atoms with E-state index in [-0.39, 0.29) is 6.09 Å². The molecule has 0 aromatic rings. The summed E-state index contributed by atoms with van der Waals surface area (Å²) < 4.78 is 5.42. The van der Waals surface area contributed by atoms with Crippen molar-refractivity contribution in [2.75, 3.05) is 33.8 Å². The Balaban J connectivity index is 4.09. The van der Waals surface area contributed by atoms with Crippen LogP contribution in [0, 0.1) is 5.92 Å². The molecule has 4 heteroatoms. The van der Waals surface area contributed by atoms with Crippen molar-refractivity contribution in [3.63, 3.8) is 0 Å². The molecule has 1 N–H and O–H groups in total. The highest BCUT2D eigenvalue weighted by Gasteiger charge is 2.11. The number of alkyl carbamates (subject to hydrolysis) is 1. The molecule has 274 valence electrons. The minimum absolute atomic E-state index is 0.243. The fraction of sp³-hybridized carbons (Fsp3) is 0.791. The summed E-state index contributed by atoms with van der Waals surface area (Å²) in [6.07, 6.45) is 51.3. The van der Waals surface area contributed by atoms with Crippen LogP contribution in [0.15, 0.2) is 48.6 Å². The predicted octanol–water partition coefficient (Wildman–Crippen LogP) is 13.3. The molecule has 0 aliphatic heterocycles. The molecular weight excluding hydrogens is 576 g/mol. The fourth-order valence-electron chi connectivity index (χ4n) is 5.83. The number of amides is 1. The molecule has 0 bridgehead atoms. The van der Waals surface area contributed by atoms with Crippen molar-refractivity contribution < 1.29 is 9.53 Å². The van der Waals surface area contributed by atoms with Crippen LogP contribution in [0.4, 0.5) is 4.79 Å². The van der Waals surface area contributed by atoms with Gasteiger partial charge in [-0.1, -0.05) is 152 Å². The van der Waals surface area contributed by atoms with Crippen LogP contribution in [0.5, 0.6) is 0 Å². The lowest BCUT2D eigenvalue weighted by molar-refractivity contribution is 0.139. The maximum atomic E-state index is 12.3. The normalized spacial score (nSPS) is 12.9. The largest absolute Gasteiger partial charge is 0.450 e. The van der Waals surface area contributed by atoms with E-state index >= 15 is 0 Å². The SMILES string of the molecule is CCCC/C=C/C/C=C\CCCCCCCCC(CCCCCCCC/C=C\C/C=C\CCCCC)CNC(=O)OCCCN(C)C. The highest BCUT2D eigenvalue weighted by Crippen LogP contribution is 2.19. The summed E-state index contributed by atoms with van der Waals surface area (Å²) in [4.78, 5) is 14.4. The third-order valence-corrected chi connectivity index (χ3v) is 8.89. The van der Waals surface area contributed by atoms with E-state index in [1.54, 1.807) is 0 Å². The minimum Gasteiger partial charge on any atom is -0.450 e. The summed E-state index contributed by atoms with van der Waals surface area (Å²) in [7, 11) is 4.10. The first kappa shape index (κ1) is 45.2. The van der Waals surface area contributed by atoms with Crippen molar-refractivity contribution in [2.45, 2.75) is 181 Å². The highest BCUT2D eigenvalue weighted by molar-refractivity contribution is 5.67. The Morgan fingerprint density at radius 2 is 0.979 bits per heavy atom. The number of ether oxygens (including phenoxy) is 1. The van der Waals surface area contributed by atoms with Gasteiger partial charge in [0.1, 0.15) is 0 Å². The second-order valence-corrected chi connectivity index (χ2v) is 13.9. The van der Waals surface area contributed by atoms with Crippen LogP contribution in [-0.4, -0.2) is 44.8 Å². The predicted molar refractivity (Wildman–Crippen MR) is 209 cm³/mol. The van der Waals surface area contributed by atoms with Crippen LogP contribution in [0.25, 0.3) is 0 Å². The first-order valence-corrected chi connectivity index (χ1v) is 20.2. The van der Waals surface area contributed by atoms with Crippen LogP contribution in [0.2, 0.25) is 0 Å². The lowest BCUT2D eigenvalue weighted by Crippen LogP contribution is -2.30. The molecule has 4 nitrogen and oxygen atoms in total. The average Bonchev–Trinajstić information content (AvgIpc) is 3.06. The number of carbonyl (C=O) groups excluding carboxylic acids is 1. The Kier molecular flexibility index (Phi) is 37.1. The first-order valence-electron chi connectivity index (χ1n) is 20.2. The summed E-state index contributed by atoms with van der Waals surface area (Å²) >= 11 is 0. The fourth-order valence-corrected chi connectivity index (χ4v) is 5.83. The van der Waals surface area contributed by atoms with Gasteiger partial charge >= 0.3 is 6.09 Å². The van der Waals surface area contributed by atoms with Crippen LogP contribution in [-0.2, 0) is 4.74 Å². The molecule has 1 unspecified atom stereocenters. The van der Waals surface area contributed by atoms with Crippen LogP contribution < -0.4 is 5.32 Å². The molecule has 0 rings (SSSR count). The summed E-state index contributed by atoms with van der Waals surface area (Å²) in [5.41, 5.74) is 0. The van der Waals surface area contributed by atoms with E-state index in [0.29, 0.717) is 12.5 Å². The van der Waals surface area contributed by atoms with Gasteiger partial charge in [-0.25, -0.2) is 4.79 Å². The van der Waals surface area contributed by atoms with Crippen molar-refractivity contribution in [3.8, 4) is 0 Å². The van der Waals surface area contributed by atoms with Crippen molar-refractivity contribution in [1.82, 2.24) is 10.2 Å². The number of carbonyl (C=O) groups is 1. The summed E-state index contributed by atoms with van der Waals surface area (Å²) in [6, 6.07) is 0. The first-order chi connectivity index (χ1) is 23.1. The van der Waals surface area contributed by atoms with E-state index in [1.807, 2.05) is 14.1 Å². The van der Waals surface area contributed by atoms with Crippen LogP contribution in [0.1, 0.15) is 181 Å². The minimum atomic E-state index is -0.243. The zero-order valence-electron chi connectivity index (χ0n) is 32.0. The van der Waals surface area contributed by atoms with Gasteiger partial charge in [0.15, 0.2) is 0 Å². The van der Waals surface area contributed by atoms with Gasteiger partial charge in [-0.2, -0.15) is 0 Å².